The van der Waals surface area contributed by atoms with Crippen LogP contribution in [0.15, 0.2) is 0 Å². The Morgan fingerprint density at radius 3 is 2.21 bits per heavy atom. The maximum Gasteiger partial charge on any atom is 0.221 e. The second-order valence-corrected chi connectivity index (χ2v) is 6.74. The van der Waals surface area contributed by atoms with Crippen LogP contribution in [0.3, 0.4) is 0 Å². The van der Waals surface area contributed by atoms with Gasteiger partial charge in [-0.2, -0.15) is 0 Å². The van der Waals surface area contributed by atoms with Crippen LogP contribution in [0, 0.1) is 17.3 Å². The van der Waals surface area contributed by atoms with Crippen molar-refractivity contribution < 1.29 is 4.79 Å². The molecule has 0 aromatic carbocycles. The largest absolute Gasteiger partial charge is 0.356 e. The Morgan fingerprint density at radius 1 is 1.16 bits per heavy atom. The van der Waals surface area contributed by atoms with Gasteiger partial charge in [0.15, 0.2) is 0 Å². The van der Waals surface area contributed by atoms with Gasteiger partial charge < -0.3 is 10.6 Å². The molecule has 1 amide bonds. The molecular weight excluding hydrogens is 260 g/mol. The van der Waals surface area contributed by atoms with Gasteiger partial charge in [-0.1, -0.05) is 20.8 Å². The summed E-state index contributed by atoms with van der Waals surface area (Å²) in [5.41, 5.74) is 0.445. The fourth-order valence-corrected chi connectivity index (χ4v) is 2.82. The summed E-state index contributed by atoms with van der Waals surface area (Å²) in [5, 5.41) is 6.06. The van der Waals surface area contributed by atoms with E-state index in [1.807, 2.05) is 7.05 Å². The van der Waals surface area contributed by atoms with Crippen LogP contribution in [0.2, 0.25) is 0 Å². The minimum atomic E-state index is 0. The molecule has 0 radical (unpaired) electrons. The van der Waals surface area contributed by atoms with E-state index in [0.29, 0.717) is 17.8 Å². The third-order valence-electron chi connectivity index (χ3n) is 4.26. The summed E-state index contributed by atoms with van der Waals surface area (Å²) < 4.78 is 0. The van der Waals surface area contributed by atoms with E-state index in [1.54, 1.807) is 0 Å². The van der Waals surface area contributed by atoms with Gasteiger partial charge in [-0.15, -0.1) is 12.4 Å². The van der Waals surface area contributed by atoms with Gasteiger partial charge in [0.2, 0.25) is 5.91 Å². The molecule has 0 unspecified atom stereocenters. The molecule has 4 heteroatoms. The van der Waals surface area contributed by atoms with Gasteiger partial charge in [0, 0.05) is 19.5 Å². The lowest BCUT2D eigenvalue weighted by Crippen LogP contribution is -2.34. The quantitative estimate of drug-likeness (QED) is 0.817. The number of carbonyl (C=O) groups is 1. The molecule has 1 aliphatic carbocycles. The van der Waals surface area contributed by atoms with E-state index < -0.39 is 0 Å². The van der Waals surface area contributed by atoms with Gasteiger partial charge in [0.1, 0.15) is 0 Å². The first kappa shape index (κ1) is 18.7. The summed E-state index contributed by atoms with van der Waals surface area (Å²) in [6.45, 7) is 8.68. The van der Waals surface area contributed by atoms with E-state index in [-0.39, 0.29) is 18.3 Å². The van der Waals surface area contributed by atoms with Crippen LogP contribution in [-0.4, -0.2) is 26.0 Å². The molecule has 1 fully saturated rings. The molecule has 0 aliphatic heterocycles. The van der Waals surface area contributed by atoms with Crippen LogP contribution in [0.25, 0.3) is 0 Å². The Labute approximate surface area is 124 Å². The zero-order valence-corrected chi connectivity index (χ0v) is 13.7. The minimum absolute atomic E-state index is 0. The molecule has 114 valence electrons. The van der Waals surface area contributed by atoms with Gasteiger partial charge in [0.05, 0.1) is 0 Å². The highest BCUT2D eigenvalue weighted by Gasteiger charge is 2.29. The predicted octanol–water partition coefficient (Wildman–Crippen LogP) is 2.99. The van der Waals surface area contributed by atoms with Crippen LogP contribution in [0.1, 0.15) is 52.9 Å². The number of carbonyl (C=O) groups excluding carboxylic acids is 1. The summed E-state index contributed by atoms with van der Waals surface area (Å²) in [4.78, 5) is 11.5. The molecule has 3 nitrogen and oxygen atoms in total. The highest BCUT2D eigenvalue weighted by Crippen LogP contribution is 2.39. The summed E-state index contributed by atoms with van der Waals surface area (Å²) in [5.74, 6) is 1.73. The van der Waals surface area contributed by atoms with E-state index in [0.717, 1.165) is 19.0 Å². The Bertz CT molecular complexity index is 255. The summed E-state index contributed by atoms with van der Waals surface area (Å²) in [6, 6.07) is 0. The Hall–Kier alpha value is -0.280. The van der Waals surface area contributed by atoms with Crippen LogP contribution >= 0.6 is 12.4 Å². The van der Waals surface area contributed by atoms with Gasteiger partial charge >= 0.3 is 0 Å². The molecular formula is C15H31ClN2O. The number of halogens is 1. The molecule has 1 saturated carbocycles. The maximum absolute atomic E-state index is 11.5. The normalized spacial score (nSPS) is 23.6. The van der Waals surface area contributed by atoms with Crippen molar-refractivity contribution in [2.24, 2.45) is 17.3 Å². The zero-order chi connectivity index (χ0) is 13.6. The van der Waals surface area contributed by atoms with Crippen molar-refractivity contribution in [3.8, 4) is 0 Å². The highest BCUT2D eigenvalue weighted by atomic mass is 35.5. The summed E-state index contributed by atoms with van der Waals surface area (Å²) in [7, 11) is 1.88. The smallest absolute Gasteiger partial charge is 0.221 e. The van der Waals surface area contributed by atoms with Crippen LogP contribution < -0.4 is 10.6 Å². The van der Waals surface area contributed by atoms with Gasteiger partial charge in [-0.25, -0.2) is 0 Å². The third kappa shape index (κ3) is 7.17. The topological polar surface area (TPSA) is 41.1 Å². The van der Waals surface area contributed by atoms with Crippen LogP contribution in [0.4, 0.5) is 0 Å². The molecule has 1 rings (SSSR count). The predicted molar refractivity (Wildman–Crippen MR) is 83.7 cm³/mol. The lowest BCUT2D eigenvalue weighted by molar-refractivity contribution is -0.121. The van der Waals surface area contributed by atoms with Crippen molar-refractivity contribution in [3.05, 3.63) is 0 Å². The van der Waals surface area contributed by atoms with Gasteiger partial charge in [-0.3, -0.25) is 4.79 Å². The van der Waals surface area contributed by atoms with Crippen molar-refractivity contribution >= 4 is 18.3 Å². The Morgan fingerprint density at radius 2 is 1.74 bits per heavy atom. The molecule has 0 aromatic heterocycles. The third-order valence-corrected chi connectivity index (χ3v) is 4.26. The van der Waals surface area contributed by atoms with E-state index in [1.165, 1.54) is 25.7 Å². The molecule has 0 bridgehead atoms. The lowest BCUT2D eigenvalue weighted by Gasteiger charge is -2.37. The van der Waals surface area contributed by atoms with Crippen molar-refractivity contribution in [3.63, 3.8) is 0 Å². The molecule has 19 heavy (non-hydrogen) atoms. The maximum atomic E-state index is 11.5. The second kappa shape index (κ2) is 8.80. The molecule has 0 saturated heterocycles. The highest BCUT2D eigenvalue weighted by molar-refractivity contribution is 5.85. The first-order valence-electron chi connectivity index (χ1n) is 7.34. The second-order valence-electron chi connectivity index (χ2n) is 6.74. The number of amides is 1. The van der Waals surface area contributed by atoms with Crippen molar-refractivity contribution in [2.45, 2.75) is 52.9 Å². The van der Waals surface area contributed by atoms with E-state index >= 15 is 0 Å². The number of nitrogens with one attached hydrogen (secondary N) is 2. The van der Waals surface area contributed by atoms with E-state index in [2.05, 4.69) is 31.4 Å². The zero-order valence-electron chi connectivity index (χ0n) is 12.9. The van der Waals surface area contributed by atoms with Crippen molar-refractivity contribution in [2.75, 3.05) is 20.1 Å². The average Bonchev–Trinajstić information content (AvgIpc) is 2.33. The van der Waals surface area contributed by atoms with Crippen LogP contribution in [-0.2, 0) is 4.79 Å². The summed E-state index contributed by atoms with van der Waals surface area (Å²) >= 11 is 0. The van der Waals surface area contributed by atoms with Crippen molar-refractivity contribution in [1.29, 1.82) is 0 Å². The Balaban J connectivity index is 0.00000324. The SMILES string of the molecule is CNCCC(=O)NCC1CCC(C(C)(C)C)CC1.Cl. The lowest BCUT2D eigenvalue weighted by atomic mass is 9.70. The molecule has 0 aromatic rings. The molecule has 0 atom stereocenters. The van der Waals surface area contributed by atoms with E-state index in [9.17, 15) is 4.79 Å². The monoisotopic (exact) mass is 290 g/mol. The minimum Gasteiger partial charge on any atom is -0.356 e. The first-order valence-corrected chi connectivity index (χ1v) is 7.34. The summed E-state index contributed by atoms with van der Waals surface area (Å²) in [6.07, 6.45) is 5.78. The number of rotatable bonds is 5. The molecule has 0 spiro atoms. The number of hydrogen-bond donors (Lipinski definition) is 2. The molecule has 1 aliphatic rings. The van der Waals surface area contributed by atoms with Crippen LogP contribution in [0.5, 0.6) is 0 Å². The van der Waals surface area contributed by atoms with Gasteiger partial charge in [0.25, 0.3) is 0 Å². The number of hydrogen-bond acceptors (Lipinski definition) is 2. The van der Waals surface area contributed by atoms with Crippen molar-refractivity contribution in [1.82, 2.24) is 10.6 Å². The molecule has 0 heterocycles. The average molecular weight is 291 g/mol. The fraction of sp³-hybridized carbons (Fsp3) is 0.933. The molecule has 2 N–H and O–H groups in total. The first-order chi connectivity index (χ1) is 8.43. The Kier molecular flexibility index (Phi) is 8.67. The van der Waals surface area contributed by atoms with E-state index in [4.69, 9.17) is 0 Å². The standard InChI is InChI=1S/C15H30N2O.ClH/c1-15(2,3)13-7-5-12(6-8-13)11-17-14(18)9-10-16-4;/h12-13,16H,5-11H2,1-4H3,(H,17,18);1H. The van der Waals surface area contributed by atoms with Gasteiger partial charge in [-0.05, 0) is 50.0 Å². The fourth-order valence-electron chi connectivity index (χ4n) is 2.82.